The van der Waals surface area contributed by atoms with Crippen LogP contribution in [-0.4, -0.2) is 43.0 Å². The molecular weight excluding hydrogens is 250 g/mol. The van der Waals surface area contributed by atoms with Crippen LogP contribution in [0.5, 0.6) is 0 Å². The molecule has 0 aromatic heterocycles. The second-order valence-corrected chi connectivity index (χ2v) is 6.02. The van der Waals surface area contributed by atoms with E-state index >= 15 is 0 Å². The number of rotatable bonds is 3. The second-order valence-electron chi connectivity index (χ2n) is 6.02. The normalized spacial score (nSPS) is 29.2. The van der Waals surface area contributed by atoms with E-state index in [1.807, 2.05) is 24.3 Å². The molecule has 1 aromatic rings. The number of hydrogen-bond donors (Lipinski definition) is 2. The highest BCUT2D eigenvalue weighted by molar-refractivity contribution is 5.94. The van der Waals surface area contributed by atoms with E-state index in [0.717, 1.165) is 17.8 Å². The molecule has 1 aromatic carbocycles. The summed E-state index contributed by atoms with van der Waals surface area (Å²) in [7, 11) is 3.92. The molecule has 4 nitrogen and oxygen atoms in total. The number of nitrogens with zero attached hydrogens (tertiary/aromatic N) is 1. The summed E-state index contributed by atoms with van der Waals surface area (Å²) >= 11 is 0. The molecule has 2 heterocycles. The maximum Gasteiger partial charge on any atom is 0.251 e. The van der Waals surface area contributed by atoms with Crippen LogP contribution < -0.4 is 10.6 Å². The van der Waals surface area contributed by atoms with E-state index in [9.17, 15) is 4.79 Å². The molecule has 0 saturated carbocycles. The minimum Gasteiger partial charge on any atom is -0.382 e. The Morgan fingerprint density at radius 1 is 1.25 bits per heavy atom. The standard InChI is InChI=1S/C16H23N3O/c1-17-16(20)11-4-3-5-12(8-11)18-13-9-14-6-7-15(10-13)19(14)2/h3-5,8,13-15,18H,6-7,9-10H2,1-2H3,(H,17,20). The number of nitrogens with one attached hydrogen (secondary N) is 2. The lowest BCUT2D eigenvalue weighted by Crippen LogP contribution is -2.44. The van der Waals surface area contributed by atoms with Crippen molar-refractivity contribution in [1.82, 2.24) is 10.2 Å². The van der Waals surface area contributed by atoms with Crippen molar-refractivity contribution < 1.29 is 4.79 Å². The third kappa shape index (κ3) is 2.52. The average molecular weight is 273 g/mol. The topological polar surface area (TPSA) is 44.4 Å². The Kier molecular flexibility index (Phi) is 3.66. The smallest absolute Gasteiger partial charge is 0.251 e. The fourth-order valence-electron chi connectivity index (χ4n) is 3.66. The zero-order valence-electron chi connectivity index (χ0n) is 12.2. The van der Waals surface area contributed by atoms with Gasteiger partial charge in [0, 0.05) is 36.4 Å². The van der Waals surface area contributed by atoms with Gasteiger partial charge in [0.25, 0.3) is 5.91 Å². The van der Waals surface area contributed by atoms with Crippen LogP contribution in [0, 0.1) is 0 Å². The van der Waals surface area contributed by atoms with Crippen molar-refractivity contribution in [2.24, 2.45) is 0 Å². The number of fused-ring (bicyclic) bond motifs is 2. The van der Waals surface area contributed by atoms with Crippen LogP contribution >= 0.6 is 0 Å². The quantitative estimate of drug-likeness (QED) is 0.886. The van der Waals surface area contributed by atoms with E-state index in [4.69, 9.17) is 0 Å². The molecule has 0 spiro atoms. The van der Waals surface area contributed by atoms with Gasteiger partial charge in [-0.25, -0.2) is 0 Å². The van der Waals surface area contributed by atoms with Gasteiger partial charge in [0.15, 0.2) is 0 Å². The number of piperidine rings is 1. The van der Waals surface area contributed by atoms with Crippen molar-refractivity contribution in [3.05, 3.63) is 29.8 Å². The van der Waals surface area contributed by atoms with E-state index in [-0.39, 0.29) is 5.91 Å². The number of anilines is 1. The molecule has 4 heteroatoms. The van der Waals surface area contributed by atoms with Gasteiger partial charge in [-0.1, -0.05) is 6.07 Å². The minimum atomic E-state index is -0.0305. The summed E-state index contributed by atoms with van der Waals surface area (Å²) in [6, 6.07) is 9.77. The first kappa shape index (κ1) is 13.4. The summed E-state index contributed by atoms with van der Waals surface area (Å²) in [6.45, 7) is 0. The van der Waals surface area contributed by atoms with Gasteiger partial charge in [-0.05, 0) is 50.9 Å². The Morgan fingerprint density at radius 2 is 1.95 bits per heavy atom. The molecule has 2 saturated heterocycles. The van der Waals surface area contributed by atoms with Gasteiger partial charge in [0.05, 0.1) is 0 Å². The van der Waals surface area contributed by atoms with Gasteiger partial charge in [0.1, 0.15) is 0 Å². The Hall–Kier alpha value is -1.55. The lowest BCUT2D eigenvalue weighted by atomic mass is 9.97. The molecule has 2 bridgehead atoms. The third-order valence-electron chi connectivity index (χ3n) is 4.82. The lowest BCUT2D eigenvalue weighted by molar-refractivity contribution is 0.0963. The van der Waals surface area contributed by atoms with Gasteiger partial charge in [-0.3, -0.25) is 4.79 Å². The highest BCUT2D eigenvalue weighted by Gasteiger charge is 2.38. The van der Waals surface area contributed by atoms with Crippen LogP contribution in [0.15, 0.2) is 24.3 Å². The summed E-state index contributed by atoms with van der Waals surface area (Å²) in [5.41, 5.74) is 1.77. The lowest BCUT2D eigenvalue weighted by Gasteiger charge is -2.37. The van der Waals surface area contributed by atoms with Crippen molar-refractivity contribution in [2.75, 3.05) is 19.4 Å². The van der Waals surface area contributed by atoms with Crippen LogP contribution in [0.2, 0.25) is 0 Å². The van der Waals surface area contributed by atoms with Gasteiger partial charge >= 0.3 is 0 Å². The third-order valence-corrected chi connectivity index (χ3v) is 4.82. The monoisotopic (exact) mass is 273 g/mol. The molecule has 1 amide bonds. The van der Waals surface area contributed by atoms with Gasteiger partial charge < -0.3 is 15.5 Å². The Bertz CT molecular complexity index is 488. The molecule has 2 N–H and O–H groups in total. The SMILES string of the molecule is CNC(=O)c1cccc(NC2CC3CCC(C2)N3C)c1. The van der Waals surface area contributed by atoms with Crippen molar-refractivity contribution in [3.8, 4) is 0 Å². The van der Waals surface area contributed by atoms with Gasteiger partial charge in [0.2, 0.25) is 0 Å². The van der Waals surface area contributed by atoms with E-state index < -0.39 is 0 Å². The Morgan fingerprint density at radius 3 is 2.60 bits per heavy atom. The van der Waals surface area contributed by atoms with E-state index in [2.05, 4.69) is 22.6 Å². The van der Waals surface area contributed by atoms with Gasteiger partial charge in [-0.2, -0.15) is 0 Å². The van der Waals surface area contributed by atoms with Crippen LogP contribution in [0.1, 0.15) is 36.0 Å². The largest absolute Gasteiger partial charge is 0.382 e. The Balaban J connectivity index is 1.68. The fraction of sp³-hybridized carbons (Fsp3) is 0.562. The van der Waals surface area contributed by atoms with Crippen LogP contribution in [0.4, 0.5) is 5.69 Å². The number of carbonyl (C=O) groups excluding carboxylic acids is 1. The summed E-state index contributed by atoms with van der Waals surface area (Å²) in [4.78, 5) is 14.2. The van der Waals surface area contributed by atoms with Crippen LogP contribution in [0.25, 0.3) is 0 Å². The predicted molar refractivity (Wildman–Crippen MR) is 81.0 cm³/mol. The first-order valence-corrected chi connectivity index (χ1v) is 7.48. The summed E-state index contributed by atoms with van der Waals surface area (Å²) in [5.74, 6) is -0.0305. The minimum absolute atomic E-state index is 0.0305. The van der Waals surface area contributed by atoms with Gasteiger partial charge in [-0.15, -0.1) is 0 Å². The zero-order valence-corrected chi connectivity index (χ0v) is 12.2. The second kappa shape index (κ2) is 5.44. The molecule has 20 heavy (non-hydrogen) atoms. The average Bonchev–Trinajstić information content (AvgIpc) is 2.68. The molecule has 2 aliphatic rings. The summed E-state index contributed by atoms with van der Waals surface area (Å²) in [6.07, 6.45) is 5.07. The molecule has 3 rings (SSSR count). The molecule has 0 radical (unpaired) electrons. The number of benzene rings is 1. The van der Waals surface area contributed by atoms with Crippen molar-refractivity contribution in [1.29, 1.82) is 0 Å². The fourth-order valence-corrected chi connectivity index (χ4v) is 3.66. The summed E-state index contributed by atoms with van der Waals surface area (Å²) in [5, 5.41) is 6.28. The first-order valence-electron chi connectivity index (χ1n) is 7.48. The summed E-state index contributed by atoms with van der Waals surface area (Å²) < 4.78 is 0. The predicted octanol–water partition coefficient (Wildman–Crippen LogP) is 2.08. The number of amides is 1. The van der Waals surface area contributed by atoms with E-state index in [1.54, 1.807) is 7.05 Å². The van der Waals surface area contributed by atoms with E-state index in [0.29, 0.717) is 11.6 Å². The molecule has 2 atom stereocenters. The molecule has 2 unspecified atom stereocenters. The van der Waals surface area contributed by atoms with Crippen molar-refractivity contribution in [2.45, 2.75) is 43.8 Å². The molecule has 0 aliphatic carbocycles. The highest BCUT2D eigenvalue weighted by atomic mass is 16.1. The Labute approximate surface area is 120 Å². The van der Waals surface area contributed by atoms with Crippen molar-refractivity contribution in [3.63, 3.8) is 0 Å². The number of carbonyl (C=O) groups is 1. The van der Waals surface area contributed by atoms with Crippen LogP contribution in [-0.2, 0) is 0 Å². The van der Waals surface area contributed by atoms with E-state index in [1.165, 1.54) is 25.7 Å². The first-order chi connectivity index (χ1) is 9.67. The van der Waals surface area contributed by atoms with Crippen LogP contribution in [0.3, 0.4) is 0 Å². The molecule has 2 fully saturated rings. The zero-order chi connectivity index (χ0) is 14.1. The maximum absolute atomic E-state index is 11.7. The number of hydrogen-bond acceptors (Lipinski definition) is 3. The maximum atomic E-state index is 11.7. The highest BCUT2D eigenvalue weighted by Crippen LogP contribution is 2.35. The molecule has 108 valence electrons. The molecular formula is C16H23N3O. The molecule has 2 aliphatic heterocycles. The van der Waals surface area contributed by atoms with Crippen molar-refractivity contribution >= 4 is 11.6 Å².